The summed E-state index contributed by atoms with van der Waals surface area (Å²) in [6.07, 6.45) is 2.39. The van der Waals surface area contributed by atoms with Crippen LogP contribution in [0.5, 0.6) is 0 Å². The molecule has 0 spiro atoms. The van der Waals surface area contributed by atoms with E-state index in [2.05, 4.69) is 51.8 Å². The lowest BCUT2D eigenvalue weighted by Gasteiger charge is -2.24. The molecule has 0 saturated heterocycles. The van der Waals surface area contributed by atoms with E-state index in [1.54, 1.807) is 0 Å². The summed E-state index contributed by atoms with van der Waals surface area (Å²) >= 11 is 5.98. The fourth-order valence-electron chi connectivity index (χ4n) is 1.74. The second-order valence-electron chi connectivity index (χ2n) is 5.88. The van der Waals surface area contributed by atoms with Gasteiger partial charge in [0.05, 0.1) is 0 Å². The number of rotatable bonds is 5. The zero-order valence-electron chi connectivity index (χ0n) is 12.3. The highest BCUT2D eigenvalue weighted by molar-refractivity contribution is 6.17. The van der Waals surface area contributed by atoms with Crippen molar-refractivity contribution in [3.05, 3.63) is 23.4 Å². The summed E-state index contributed by atoms with van der Waals surface area (Å²) in [6, 6.07) is 4.21. The summed E-state index contributed by atoms with van der Waals surface area (Å²) in [5.41, 5.74) is 2.32. The van der Waals surface area contributed by atoms with Crippen LogP contribution in [0.25, 0.3) is 0 Å². The third-order valence-corrected chi connectivity index (χ3v) is 3.34. The molecule has 0 aliphatic carbocycles. The number of unbranched alkanes of at least 4 members (excludes halogenated alkanes) is 1. The van der Waals surface area contributed by atoms with Crippen LogP contribution in [0, 0.1) is 0 Å². The molecule has 0 fully saturated rings. The first-order valence-corrected chi connectivity index (χ1v) is 7.20. The highest BCUT2D eigenvalue weighted by atomic mass is 35.5. The van der Waals surface area contributed by atoms with Crippen molar-refractivity contribution in [1.82, 2.24) is 4.98 Å². The summed E-state index contributed by atoms with van der Waals surface area (Å²) in [5, 5.41) is 0. The molecule has 0 bridgehead atoms. The summed E-state index contributed by atoms with van der Waals surface area (Å²) in [7, 11) is 2.10. The van der Waals surface area contributed by atoms with Crippen LogP contribution in [-0.2, 0) is 11.3 Å². The van der Waals surface area contributed by atoms with Crippen LogP contribution in [-0.4, -0.2) is 18.6 Å². The van der Waals surface area contributed by atoms with Gasteiger partial charge in [-0.25, -0.2) is 4.98 Å². The maximum Gasteiger partial charge on any atom is 0.128 e. The predicted molar refractivity (Wildman–Crippen MR) is 80.7 cm³/mol. The van der Waals surface area contributed by atoms with Gasteiger partial charge in [-0.15, -0.1) is 11.6 Å². The summed E-state index contributed by atoms with van der Waals surface area (Å²) in [4.78, 5) is 6.99. The maximum absolute atomic E-state index is 5.98. The fourth-order valence-corrected chi connectivity index (χ4v) is 1.89. The summed E-state index contributed by atoms with van der Waals surface area (Å²) in [6.45, 7) is 9.80. The van der Waals surface area contributed by atoms with E-state index in [-0.39, 0.29) is 5.41 Å². The van der Waals surface area contributed by atoms with Gasteiger partial charge < -0.3 is 4.90 Å². The van der Waals surface area contributed by atoms with Crippen LogP contribution >= 0.6 is 11.6 Å². The quantitative estimate of drug-likeness (QED) is 0.738. The first-order valence-electron chi connectivity index (χ1n) is 6.67. The molecule has 0 amide bonds. The van der Waals surface area contributed by atoms with Crippen LogP contribution in [0.15, 0.2) is 12.1 Å². The Labute approximate surface area is 116 Å². The summed E-state index contributed by atoms with van der Waals surface area (Å²) < 4.78 is 0. The molecule has 0 aliphatic heterocycles. The Morgan fingerprint density at radius 2 is 1.94 bits per heavy atom. The molecule has 1 rings (SSSR count). The molecule has 0 N–H and O–H groups in total. The van der Waals surface area contributed by atoms with Gasteiger partial charge in [0.15, 0.2) is 0 Å². The number of pyridine rings is 1. The van der Waals surface area contributed by atoms with E-state index >= 15 is 0 Å². The number of alkyl halides is 1. The van der Waals surface area contributed by atoms with Gasteiger partial charge in [-0.05, 0) is 24.1 Å². The summed E-state index contributed by atoms with van der Waals surface area (Å²) in [5.74, 6) is 1.58. The minimum atomic E-state index is 0.0580. The van der Waals surface area contributed by atoms with Gasteiger partial charge in [-0.3, -0.25) is 0 Å². The maximum atomic E-state index is 5.98. The number of hydrogen-bond donors (Lipinski definition) is 0. The van der Waals surface area contributed by atoms with Crippen molar-refractivity contribution in [1.29, 1.82) is 0 Å². The molecule has 1 aromatic heterocycles. The number of anilines is 1. The Morgan fingerprint density at radius 3 is 2.44 bits per heavy atom. The van der Waals surface area contributed by atoms with Crippen LogP contribution in [0.4, 0.5) is 5.82 Å². The van der Waals surface area contributed by atoms with Crippen molar-refractivity contribution < 1.29 is 0 Å². The molecule has 102 valence electrons. The van der Waals surface area contributed by atoms with Crippen molar-refractivity contribution in [3.63, 3.8) is 0 Å². The van der Waals surface area contributed by atoms with Crippen LogP contribution in [0.3, 0.4) is 0 Å². The monoisotopic (exact) mass is 268 g/mol. The topological polar surface area (TPSA) is 16.1 Å². The molecule has 3 heteroatoms. The molecule has 0 saturated carbocycles. The molecule has 1 heterocycles. The minimum absolute atomic E-state index is 0.0580. The smallest absolute Gasteiger partial charge is 0.128 e. The second kappa shape index (κ2) is 6.42. The van der Waals surface area contributed by atoms with E-state index in [4.69, 9.17) is 16.6 Å². The van der Waals surface area contributed by atoms with Crippen LogP contribution in [0.1, 0.15) is 51.8 Å². The molecule has 2 nitrogen and oxygen atoms in total. The van der Waals surface area contributed by atoms with E-state index in [9.17, 15) is 0 Å². The Kier molecular flexibility index (Phi) is 5.46. The number of hydrogen-bond acceptors (Lipinski definition) is 2. The number of aromatic nitrogens is 1. The second-order valence-corrected chi connectivity index (χ2v) is 6.14. The molecule has 0 atom stereocenters. The Bertz CT molecular complexity index is 383. The lowest BCUT2D eigenvalue weighted by Crippen LogP contribution is -2.22. The van der Waals surface area contributed by atoms with Gasteiger partial charge in [0.1, 0.15) is 5.82 Å². The van der Waals surface area contributed by atoms with Crippen LogP contribution in [0.2, 0.25) is 0 Å². The zero-order chi connectivity index (χ0) is 13.8. The lowest BCUT2D eigenvalue weighted by molar-refractivity contribution is 0.567. The highest BCUT2D eigenvalue weighted by Crippen LogP contribution is 2.25. The molecular formula is C15H25ClN2. The van der Waals surface area contributed by atoms with Gasteiger partial charge in [-0.1, -0.05) is 34.1 Å². The average molecular weight is 269 g/mol. The standard InChI is InChI=1S/C15H25ClN2/c1-6-7-8-18(5)14-10-12(11-16)9-13(17-14)15(2,3)4/h9-10H,6-8,11H2,1-5H3. The molecule has 0 unspecified atom stereocenters. The molecule has 0 aromatic carbocycles. The van der Waals surface area contributed by atoms with E-state index < -0.39 is 0 Å². The van der Waals surface area contributed by atoms with Crippen molar-refractivity contribution in [2.75, 3.05) is 18.5 Å². The van der Waals surface area contributed by atoms with E-state index in [0.717, 1.165) is 23.6 Å². The zero-order valence-corrected chi connectivity index (χ0v) is 13.0. The first kappa shape index (κ1) is 15.3. The largest absolute Gasteiger partial charge is 0.360 e. The van der Waals surface area contributed by atoms with Gasteiger partial charge in [0.25, 0.3) is 0 Å². The predicted octanol–water partition coefficient (Wildman–Crippen LogP) is 4.35. The van der Waals surface area contributed by atoms with E-state index in [1.807, 2.05) is 0 Å². The molecular weight excluding hydrogens is 244 g/mol. The van der Waals surface area contributed by atoms with E-state index in [1.165, 1.54) is 12.8 Å². The fraction of sp³-hybridized carbons (Fsp3) is 0.667. The first-order chi connectivity index (χ1) is 8.38. The van der Waals surface area contributed by atoms with Crippen molar-refractivity contribution in [3.8, 4) is 0 Å². The van der Waals surface area contributed by atoms with Gasteiger partial charge in [-0.2, -0.15) is 0 Å². The van der Waals surface area contributed by atoms with Crippen molar-refractivity contribution in [2.45, 2.75) is 51.8 Å². The third-order valence-electron chi connectivity index (χ3n) is 3.03. The normalized spacial score (nSPS) is 11.7. The minimum Gasteiger partial charge on any atom is -0.360 e. The third kappa shape index (κ3) is 4.16. The van der Waals surface area contributed by atoms with Gasteiger partial charge >= 0.3 is 0 Å². The van der Waals surface area contributed by atoms with Crippen molar-refractivity contribution in [2.24, 2.45) is 0 Å². The SMILES string of the molecule is CCCCN(C)c1cc(CCl)cc(C(C)(C)C)n1. The van der Waals surface area contributed by atoms with Crippen LogP contribution < -0.4 is 4.90 Å². The van der Waals surface area contributed by atoms with E-state index in [0.29, 0.717) is 5.88 Å². The Balaban J connectivity index is 3.04. The van der Waals surface area contributed by atoms with Gasteiger partial charge in [0.2, 0.25) is 0 Å². The molecule has 18 heavy (non-hydrogen) atoms. The van der Waals surface area contributed by atoms with Crippen molar-refractivity contribution >= 4 is 17.4 Å². The Morgan fingerprint density at radius 1 is 1.28 bits per heavy atom. The molecule has 0 aliphatic rings. The average Bonchev–Trinajstić information content (AvgIpc) is 2.34. The number of halogens is 1. The lowest BCUT2D eigenvalue weighted by atomic mass is 9.91. The van der Waals surface area contributed by atoms with Gasteiger partial charge in [0, 0.05) is 30.6 Å². The molecule has 1 aromatic rings. The number of nitrogens with zero attached hydrogens (tertiary/aromatic N) is 2. The Hall–Kier alpha value is -0.760. The highest BCUT2D eigenvalue weighted by Gasteiger charge is 2.18. The molecule has 0 radical (unpaired) electrons.